The molecule has 3 aromatic rings. The molecule has 0 fully saturated rings. The number of aldehydes is 1. The number of aromatic nitrogens is 2. The summed E-state index contributed by atoms with van der Waals surface area (Å²) in [6.45, 7) is 2.14. The first-order chi connectivity index (χ1) is 10.3. The molecule has 0 saturated heterocycles. The second-order valence-electron chi connectivity index (χ2n) is 5.15. The summed E-state index contributed by atoms with van der Waals surface area (Å²) >= 11 is 0. The van der Waals surface area contributed by atoms with Gasteiger partial charge in [-0.25, -0.2) is 4.98 Å². The fourth-order valence-corrected chi connectivity index (χ4v) is 2.70. The number of nitrogens with zero attached hydrogens (tertiary/aromatic N) is 2. The van der Waals surface area contributed by atoms with E-state index in [1.807, 2.05) is 30.6 Å². The first kappa shape index (κ1) is 13.6. The maximum absolute atomic E-state index is 11.1. The van der Waals surface area contributed by atoms with E-state index in [0.29, 0.717) is 6.42 Å². The van der Waals surface area contributed by atoms with Gasteiger partial charge in [0.2, 0.25) is 0 Å². The Bertz CT molecular complexity index is 743. The Morgan fingerprint density at radius 2 is 1.90 bits per heavy atom. The van der Waals surface area contributed by atoms with Crippen LogP contribution in [0, 0.1) is 0 Å². The summed E-state index contributed by atoms with van der Waals surface area (Å²) in [4.78, 5) is 15.5. The van der Waals surface area contributed by atoms with E-state index in [0.717, 1.165) is 29.3 Å². The number of hydrogen-bond acceptors (Lipinski definition) is 2. The third-order valence-corrected chi connectivity index (χ3v) is 3.91. The number of aryl methyl sites for hydroxylation is 1. The number of carbonyl (C=O) groups excluding carboxylic acids is 1. The molecule has 0 aliphatic carbocycles. The maximum atomic E-state index is 11.1. The number of rotatable bonds is 5. The van der Waals surface area contributed by atoms with Crippen molar-refractivity contribution < 1.29 is 4.79 Å². The van der Waals surface area contributed by atoms with Gasteiger partial charge in [0.15, 0.2) is 0 Å². The van der Waals surface area contributed by atoms with E-state index in [1.54, 1.807) is 0 Å². The minimum absolute atomic E-state index is 0.000746. The summed E-state index contributed by atoms with van der Waals surface area (Å²) < 4.78 is 2.09. The monoisotopic (exact) mass is 278 g/mol. The molecule has 0 radical (unpaired) electrons. The number of fused-ring (bicyclic) bond motifs is 1. The molecule has 1 heterocycles. The second kappa shape index (κ2) is 5.92. The molecule has 2 aromatic carbocycles. The molecular weight excluding hydrogens is 260 g/mol. The quantitative estimate of drug-likeness (QED) is 0.666. The van der Waals surface area contributed by atoms with Crippen molar-refractivity contribution in [1.29, 1.82) is 0 Å². The molecule has 0 N–H and O–H groups in total. The first-order valence-corrected chi connectivity index (χ1v) is 7.27. The van der Waals surface area contributed by atoms with Gasteiger partial charge in [0.25, 0.3) is 0 Å². The van der Waals surface area contributed by atoms with Crippen LogP contribution in [0.3, 0.4) is 0 Å². The van der Waals surface area contributed by atoms with Gasteiger partial charge in [-0.15, -0.1) is 0 Å². The van der Waals surface area contributed by atoms with Gasteiger partial charge >= 0.3 is 0 Å². The molecule has 0 aliphatic rings. The molecule has 0 aliphatic heterocycles. The number of para-hydroxylation sites is 2. The lowest BCUT2D eigenvalue weighted by atomic mass is 10.0. The van der Waals surface area contributed by atoms with Crippen LogP contribution in [0.2, 0.25) is 0 Å². The molecule has 0 amide bonds. The van der Waals surface area contributed by atoms with Crippen LogP contribution in [0.5, 0.6) is 0 Å². The van der Waals surface area contributed by atoms with Gasteiger partial charge in [0, 0.05) is 6.42 Å². The van der Waals surface area contributed by atoms with Crippen LogP contribution in [-0.2, 0) is 11.2 Å². The van der Waals surface area contributed by atoms with E-state index >= 15 is 0 Å². The largest absolute Gasteiger partial charge is 0.323 e. The summed E-state index contributed by atoms with van der Waals surface area (Å²) in [5, 5.41) is 0. The molecule has 21 heavy (non-hydrogen) atoms. The van der Waals surface area contributed by atoms with Crippen LogP contribution in [0.25, 0.3) is 11.0 Å². The van der Waals surface area contributed by atoms with E-state index in [2.05, 4.69) is 40.7 Å². The molecule has 0 spiro atoms. The average molecular weight is 278 g/mol. The number of carbonyl (C=O) groups is 1. The van der Waals surface area contributed by atoms with E-state index in [-0.39, 0.29) is 6.04 Å². The summed E-state index contributed by atoms with van der Waals surface area (Å²) in [6, 6.07) is 16.5. The minimum atomic E-state index is 0.000746. The molecule has 106 valence electrons. The van der Waals surface area contributed by atoms with Crippen molar-refractivity contribution in [2.75, 3.05) is 0 Å². The van der Waals surface area contributed by atoms with Crippen molar-refractivity contribution in [3.63, 3.8) is 0 Å². The van der Waals surface area contributed by atoms with E-state index < -0.39 is 0 Å². The predicted molar refractivity (Wildman–Crippen MR) is 84.4 cm³/mol. The first-order valence-electron chi connectivity index (χ1n) is 7.27. The van der Waals surface area contributed by atoms with Gasteiger partial charge in [-0.2, -0.15) is 0 Å². The smallest absolute Gasteiger partial charge is 0.122 e. The Hall–Kier alpha value is -2.42. The van der Waals surface area contributed by atoms with Gasteiger partial charge in [-0.05, 0) is 29.7 Å². The molecule has 3 rings (SSSR count). The van der Waals surface area contributed by atoms with Crippen LogP contribution in [0.15, 0.2) is 54.9 Å². The lowest BCUT2D eigenvalue weighted by Gasteiger charge is -2.18. The standard InChI is InChI=1S/C18H18N2O/c1-2-14-7-9-15(10-8-14)17(11-12-21)20-13-19-16-5-3-4-6-18(16)20/h3-10,12-13,17H,2,11H2,1H3. The molecule has 3 heteroatoms. The predicted octanol–water partition coefficient (Wildman–Crippen LogP) is 3.78. The highest BCUT2D eigenvalue weighted by Gasteiger charge is 2.15. The number of benzene rings is 2. The van der Waals surface area contributed by atoms with Gasteiger partial charge in [-0.1, -0.05) is 43.3 Å². The second-order valence-corrected chi connectivity index (χ2v) is 5.15. The Balaban J connectivity index is 2.06. The third-order valence-electron chi connectivity index (χ3n) is 3.91. The Kier molecular flexibility index (Phi) is 3.82. The average Bonchev–Trinajstić information content (AvgIpc) is 2.97. The normalized spacial score (nSPS) is 12.4. The van der Waals surface area contributed by atoms with Crippen LogP contribution in [-0.4, -0.2) is 15.8 Å². The van der Waals surface area contributed by atoms with Crippen molar-refractivity contribution in [3.8, 4) is 0 Å². The Labute approximate surface area is 124 Å². The molecule has 1 atom stereocenters. The fourth-order valence-electron chi connectivity index (χ4n) is 2.70. The Morgan fingerprint density at radius 3 is 2.62 bits per heavy atom. The van der Waals surface area contributed by atoms with Crippen LogP contribution >= 0.6 is 0 Å². The van der Waals surface area contributed by atoms with Gasteiger partial charge < -0.3 is 9.36 Å². The van der Waals surface area contributed by atoms with Crippen molar-refractivity contribution in [2.24, 2.45) is 0 Å². The molecule has 0 bridgehead atoms. The van der Waals surface area contributed by atoms with E-state index in [4.69, 9.17) is 0 Å². The maximum Gasteiger partial charge on any atom is 0.122 e. The van der Waals surface area contributed by atoms with Crippen molar-refractivity contribution in [3.05, 3.63) is 66.0 Å². The lowest BCUT2D eigenvalue weighted by molar-refractivity contribution is -0.108. The topological polar surface area (TPSA) is 34.9 Å². The Morgan fingerprint density at radius 1 is 1.14 bits per heavy atom. The van der Waals surface area contributed by atoms with Gasteiger partial charge in [0.05, 0.1) is 23.4 Å². The summed E-state index contributed by atoms with van der Waals surface area (Å²) in [7, 11) is 0. The number of hydrogen-bond donors (Lipinski definition) is 0. The van der Waals surface area contributed by atoms with Crippen molar-refractivity contribution in [1.82, 2.24) is 9.55 Å². The van der Waals surface area contributed by atoms with Gasteiger partial charge in [0.1, 0.15) is 6.29 Å². The highest BCUT2D eigenvalue weighted by molar-refractivity contribution is 5.75. The molecule has 0 saturated carbocycles. The van der Waals surface area contributed by atoms with Crippen molar-refractivity contribution >= 4 is 17.3 Å². The molecule has 3 nitrogen and oxygen atoms in total. The third kappa shape index (κ3) is 2.59. The fraction of sp³-hybridized carbons (Fsp3) is 0.222. The van der Waals surface area contributed by atoms with Gasteiger partial charge in [-0.3, -0.25) is 0 Å². The van der Waals surface area contributed by atoms with Crippen LogP contribution < -0.4 is 0 Å². The zero-order valence-electron chi connectivity index (χ0n) is 12.1. The number of imidazole rings is 1. The van der Waals surface area contributed by atoms with Crippen molar-refractivity contribution in [2.45, 2.75) is 25.8 Å². The molecule has 1 unspecified atom stereocenters. The highest BCUT2D eigenvalue weighted by atomic mass is 16.1. The summed E-state index contributed by atoms with van der Waals surface area (Å²) in [5.74, 6) is 0. The summed E-state index contributed by atoms with van der Waals surface area (Å²) in [6.07, 6.45) is 4.28. The minimum Gasteiger partial charge on any atom is -0.323 e. The molecule has 1 aromatic heterocycles. The van der Waals surface area contributed by atoms with E-state index in [1.165, 1.54) is 5.56 Å². The van der Waals surface area contributed by atoms with Crippen LogP contribution in [0.4, 0.5) is 0 Å². The lowest BCUT2D eigenvalue weighted by Crippen LogP contribution is -2.10. The SMILES string of the molecule is CCc1ccc(C(CC=O)n2cnc3ccccc32)cc1. The molecular formula is C18H18N2O. The van der Waals surface area contributed by atoms with E-state index in [9.17, 15) is 4.79 Å². The summed E-state index contributed by atoms with van der Waals surface area (Å²) in [5.41, 5.74) is 4.46. The highest BCUT2D eigenvalue weighted by Crippen LogP contribution is 2.26. The van der Waals surface area contributed by atoms with Crippen LogP contribution in [0.1, 0.15) is 30.5 Å². The zero-order valence-corrected chi connectivity index (χ0v) is 12.1. The zero-order chi connectivity index (χ0) is 14.7.